The first kappa shape index (κ1) is 19.1. The van der Waals surface area contributed by atoms with Gasteiger partial charge >= 0.3 is 0 Å². The number of amides is 2. The van der Waals surface area contributed by atoms with Crippen molar-refractivity contribution in [3.05, 3.63) is 58.5 Å². The van der Waals surface area contributed by atoms with Gasteiger partial charge in [-0.3, -0.25) is 9.59 Å². The number of benzene rings is 2. The van der Waals surface area contributed by atoms with Crippen molar-refractivity contribution < 1.29 is 9.59 Å². The molecular weight excluding hydrogens is 460 g/mol. The van der Waals surface area contributed by atoms with E-state index in [2.05, 4.69) is 31.4 Å². The number of hydrogen-bond acceptors (Lipinski definition) is 6. The first-order valence-corrected chi connectivity index (χ1v) is 11.0. The van der Waals surface area contributed by atoms with Gasteiger partial charge < -0.3 is 10.2 Å². The van der Waals surface area contributed by atoms with Gasteiger partial charge in [-0.25, -0.2) is 0 Å². The van der Waals surface area contributed by atoms with Crippen molar-refractivity contribution in [1.82, 2.24) is 10.2 Å². The lowest BCUT2D eigenvalue weighted by Gasteiger charge is -2.17. The van der Waals surface area contributed by atoms with Crippen molar-refractivity contribution in [3.8, 4) is 0 Å². The number of carbonyl (C=O) groups is 2. The van der Waals surface area contributed by atoms with Crippen LogP contribution in [0.4, 0.5) is 11.4 Å². The van der Waals surface area contributed by atoms with E-state index in [1.165, 1.54) is 23.1 Å². The van der Waals surface area contributed by atoms with Crippen molar-refractivity contribution in [3.63, 3.8) is 0 Å². The van der Waals surface area contributed by atoms with Crippen molar-refractivity contribution in [2.24, 2.45) is 5.92 Å². The van der Waals surface area contributed by atoms with Gasteiger partial charge in [0.15, 0.2) is 4.34 Å². The number of aromatic nitrogens is 2. The fourth-order valence-electron chi connectivity index (χ4n) is 2.94. The summed E-state index contributed by atoms with van der Waals surface area (Å²) in [6.45, 7) is 0.381. The Hall–Kier alpha value is -2.23. The number of nitrogens with zero attached hydrogens (tertiary/aromatic N) is 3. The molecule has 1 unspecified atom stereocenters. The maximum absolute atomic E-state index is 12.6. The van der Waals surface area contributed by atoms with Gasteiger partial charge in [-0.15, -0.1) is 10.2 Å². The SMILES string of the molecule is O=C(Nc1ccc(Sc2nncs2)cc1)C1CC(=O)N(c2cccc(Br)c2)C1. The lowest BCUT2D eigenvalue weighted by atomic mass is 10.1. The molecule has 1 aromatic heterocycles. The second-order valence-corrected chi connectivity index (χ2v) is 9.28. The molecule has 1 aliphatic rings. The summed E-state index contributed by atoms with van der Waals surface area (Å²) in [5, 5.41) is 10.7. The van der Waals surface area contributed by atoms with Crippen LogP contribution >= 0.6 is 39.0 Å². The average Bonchev–Trinajstić information content (AvgIpc) is 3.33. The van der Waals surface area contributed by atoms with E-state index in [0.717, 1.165) is 19.4 Å². The van der Waals surface area contributed by atoms with Crippen LogP contribution < -0.4 is 10.2 Å². The molecule has 0 bridgehead atoms. The molecular formula is C19H15BrN4O2S2. The topological polar surface area (TPSA) is 75.2 Å². The lowest BCUT2D eigenvalue weighted by molar-refractivity contribution is -0.122. The molecule has 4 rings (SSSR count). The normalized spacial score (nSPS) is 16.4. The van der Waals surface area contributed by atoms with E-state index >= 15 is 0 Å². The zero-order valence-electron chi connectivity index (χ0n) is 14.5. The summed E-state index contributed by atoms with van der Waals surface area (Å²) in [6.07, 6.45) is 0.212. The second-order valence-electron chi connectivity index (χ2n) is 6.21. The highest BCUT2D eigenvalue weighted by Crippen LogP contribution is 2.30. The number of halogens is 1. The van der Waals surface area contributed by atoms with Crippen LogP contribution in [0.2, 0.25) is 0 Å². The molecule has 0 aliphatic carbocycles. The predicted octanol–water partition coefficient (Wildman–Crippen LogP) is 4.44. The number of nitrogens with one attached hydrogen (secondary N) is 1. The van der Waals surface area contributed by atoms with Gasteiger partial charge in [0.05, 0.1) is 5.92 Å². The number of anilines is 2. The smallest absolute Gasteiger partial charge is 0.229 e. The maximum atomic E-state index is 12.6. The third-order valence-electron chi connectivity index (χ3n) is 4.28. The van der Waals surface area contributed by atoms with Crippen LogP contribution in [0.3, 0.4) is 0 Å². The molecule has 2 aromatic carbocycles. The molecule has 1 aliphatic heterocycles. The minimum absolute atomic E-state index is 0.0398. The van der Waals surface area contributed by atoms with Crippen LogP contribution in [0.1, 0.15) is 6.42 Å². The average molecular weight is 475 g/mol. The van der Waals surface area contributed by atoms with Crippen molar-refractivity contribution in [2.45, 2.75) is 15.7 Å². The van der Waals surface area contributed by atoms with Crippen LogP contribution in [0, 0.1) is 5.92 Å². The molecule has 9 heteroatoms. The van der Waals surface area contributed by atoms with Gasteiger partial charge in [-0.05, 0) is 42.5 Å². The molecule has 3 aromatic rings. The summed E-state index contributed by atoms with van der Waals surface area (Å²) >= 11 is 6.42. The first-order valence-electron chi connectivity index (χ1n) is 8.49. The highest BCUT2D eigenvalue weighted by molar-refractivity contribution is 9.10. The molecule has 0 spiro atoms. The van der Waals surface area contributed by atoms with Gasteiger partial charge in [0.1, 0.15) is 5.51 Å². The predicted molar refractivity (Wildman–Crippen MR) is 114 cm³/mol. The largest absolute Gasteiger partial charge is 0.326 e. The van der Waals surface area contributed by atoms with E-state index in [4.69, 9.17) is 0 Å². The van der Waals surface area contributed by atoms with Crippen LogP contribution in [0.5, 0.6) is 0 Å². The zero-order chi connectivity index (χ0) is 19.5. The Kier molecular flexibility index (Phi) is 5.74. The molecule has 1 atom stereocenters. The van der Waals surface area contributed by atoms with Crippen LogP contribution in [0.25, 0.3) is 0 Å². The molecule has 2 heterocycles. The highest BCUT2D eigenvalue weighted by atomic mass is 79.9. The van der Waals surface area contributed by atoms with Crippen LogP contribution in [-0.2, 0) is 9.59 Å². The minimum Gasteiger partial charge on any atom is -0.326 e. The Labute approximate surface area is 178 Å². The molecule has 6 nitrogen and oxygen atoms in total. The van der Waals surface area contributed by atoms with Crippen LogP contribution in [0.15, 0.2) is 67.7 Å². The molecule has 0 radical (unpaired) electrons. The maximum Gasteiger partial charge on any atom is 0.229 e. The monoisotopic (exact) mass is 474 g/mol. The van der Waals surface area contributed by atoms with Crippen LogP contribution in [-0.4, -0.2) is 28.6 Å². The van der Waals surface area contributed by atoms with Gasteiger partial charge in [-0.2, -0.15) is 0 Å². The highest BCUT2D eigenvalue weighted by Gasteiger charge is 2.35. The number of rotatable bonds is 5. The third-order valence-corrected chi connectivity index (χ3v) is 6.56. The summed E-state index contributed by atoms with van der Waals surface area (Å²) in [5.41, 5.74) is 3.20. The van der Waals surface area contributed by atoms with E-state index < -0.39 is 0 Å². The molecule has 1 fully saturated rings. The molecule has 1 N–H and O–H groups in total. The van der Waals surface area contributed by atoms with Gasteiger partial charge in [0.25, 0.3) is 0 Å². The molecule has 1 saturated heterocycles. The molecule has 2 amide bonds. The molecule has 142 valence electrons. The van der Waals surface area contributed by atoms with E-state index in [0.29, 0.717) is 12.2 Å². The first-order chi connectivity index (χ1) is 13.6. The minimum atomic E-state index is -0.373. The Morgan fingerprint density at radius 2 is 2.07 bits per heavy atom. The third kappa shape index (κ3) is 4.43. The zero-order valence-corrected chi connectivity index (χ0v) is 17.8. The Balaban J connectivity index is 1.38. The van der Waals surface area contributed by atoms with E-state index in [9.17, 15) is 9.59 Å². The number of carbonyl (C=O) groups excluding carboxylic acids is 2. The van der Waals surface area contributed by atoms with E-state index in [1.54, 1.807) is 10.4 Å². The summed E-state index contributed by atoms with van der Waals surface area (Å²) in [4.78, 5) is 27.7. The second kappa shape index (κ2) is 8.42. The summed E-state index contributed by atoms with van der Waals surface area (Å²) in [7, 11) is 0. The number of hydrogen-bond donors (Lipinski definition) is 1. The van der Waals surface area contributed by atoms with Gasteiger partial charge in [0, 0.05) is 33.7 Å². The molecule has 0 saturated carbocycles. The van der Waals surface area contributed by atoms with Crippen molar-refractivity contribution in [2.75, 3.05) is 16.8 Å². The van der Waals surface area contributed by atoms with Gasteiger partial charge in [0.2, 0.25) is 11.8 Å². The van der Waals surface area contributed by atoms with Crippen molar-refractivity contribution in [1.29, 1.82) is 0 Å². The fourth-order valence-corrected chi connectivity index (χ4v) is 4.77. The fraction of sp³-hybridized carbons (Fsp3) is 0.158. The summed E-state index contributed by atoms with van der Waals surface area (Å²) < 4.78 is 1.77. The van der Waals surface area contributed by atoms with Crippen molar-refractivity contribution >= 4 is 62.2 Å². The molecule has 28 heavy (non-hydrogen) atoms. The summed E-state index contributed by atoms with van der Waals surface area (Å²) in [5.74, 6) is -0.556. The summed E-state index contributed by atoms with van der Waals surface area (Å²) in [6, 6.07) is 15.1. The standard InChI is InChI=1S/C19H15BrN4O2S2/c20-13-2-1-3-15(9-13)24-10-12(8-17(24)25)18(26)22-14-4-6-16(7-5-14)28-19-23-21-11-27-19/h1-7,9,11-12H,8,10H2,(H,22,26). The Bertz CT molecular complexity index is 995. The Morgan fingerprint density at radius 1 is 1.25 bits per heavy atom. The van der Waals surface area contributed by atoms with E-state index in [1.807, 2.05) is 48.5 Å². The quantitative estimate of drug-likeness (QED) is 0.591. The Morgan fingerprint density at radius 3 is 2.79 bits per heavy atom. The van der Waals surface area contributed by atoms with Gasteiger partial charge in [-0.1, -0.05) is 45.1 Å². The van der Waals surface area contributed by atoms with E-state index in [-0.39, 0.29) is 24.2 Å². The lowest BCUT2D eigenvalue weighted by Crippen LogP contribution is -2.28.